The number of aryl methyl sites for hydroxylation is 1. The van der Waals surface area contributed by atoms with E-state index in [9.17, 15) is 0 Å². The molecule has 0 spiro atoms. The van der Waals surface area contributed by atoms with Gasteiger partial charge in [-0.3, -0.25) is 0 Å². The molecule has 4 aromatic rings. The molecule has 1 aliphatic rings. The van der Waals surface area contributed by atoms with E-state index in [1.807, 2.05) is 6.92 Å². The number of anilines is 1. The van der Waals surface area contributed by atoms with Crippen molar-refractivity contribution in [3.05, 3.63) is 54.2 Å². The van der Waals surface area contributed by atoms with Crippen molar-refractivity contribution in [3.63, 3.8) is 0 Å². The monoisotopic (exact) mass is 384 g/mol. The highest BCUT2D eigenvalue weighted by molar-refractivity contribution is 5.97. The zero-order valence-corrected chi connectivity index (χ0v) is 17.4. The molecule has 2 aromatic heterocycles. The van der Waals surface area contributed by atoms with Gasteiger partial charge in [-0.05, 0) is 48.4 Å². The summed E-state index contributed by atoms with van der Waals surface area (Å²) in [6, 6.07) is 17.5. The molecular formula is C25H28N4. The van der Waals surface area contributed by atoms with Crippen LogP contribution in [0, 0.1) is 18.8 Å². The largest absolute Gasteiger partial charge is 0.380 e. The van der Waals surface area contributed by atoms with Gasteiger partial charge in [-0.25, -0.2) is 9.97 Å². The average Bonchev–Trinajstić information content (AvgIpc) is 3.30. The van der Waals surface area contributed by atoms with Gasteiger partial charge in [0.2, 0.25) is 0 Å². The number of rotatable bonds is 4. The molecular weight excluding hydrogens is 356 g/mol. The first-order chi connectivity index (χ1) is 14.1. The number of nitrogens with zero attached hydrogens (tertiary/aromatic N) is 2. The Balaban J connectivity index is 1.56. The number of imidazole rings is 1. The van der Waals surface area contributed by atoms with Crippen LogP contribution in [0.25, 0.3) is 33.3 Å². The zero-order valence-electron chi connectivity index (χ0n) is 17.4. The summed E-state index contributed by atoms with van der Waals surface area (Å²) in [6.45, 7) is 6.74. The Bertz CT molecular complexity index is 1170. The molecule has 1 aliphatic carbocycles. The van der Waals surface area contributed by atoms with Crippen LogP contribution in [0.3, 0.4) is 0 Å². The van der Waals surface area contributed by atoms with Gasteiger partial charge in [-0.1, -0.05) is 62.7 Å². The smallest absolute Gasteiger partial charge is 0.180 e. The van der Waals surface area contributed by atoms with Crippen LogP contribution in [-0.2, 0) is 0 Å². The van der Waals surface area contributed by atoms with Crippen molar-refractivity contribution < 1.29 is 0 Å². The van der Waals surface area contributed by atoms with E-state index in [2.05, 4.69) is 72.7 Å². The molecule has 0 saturated heterocycles. The Kier molecular flexibility index (Phi) is 4.50. The summed E-state index contributed by atoms with van der Waals surface area (Å²) in [5.41, 5.74) is 5.03. The minimum atomic E-state index is 0.518. The van der Waals surface area contributed by atoms with Crippen molar-refractivity contribution in [2.24, 2.45) is 11.8 Å². The lowest BCUT2D eigenvalue weighted by molar-refractivity contribution is 0.407. The van der Waals surface area contributed by atoms with Crippen LogP contribution in [0.2, 0.25) is 0 Å². The van der Waals surface area contributed by atoms with Crippen molar-refractivity contribution in [2.75, 3.05) is 5.32 Å². The minimum absolute atomic E-state index is 0.518. The van der Waals surface area contributed by atoms with E-state index in [0.29, 0.717) is 6.04 Å². The summed E-state index contributed by atoms with van der Waals surface area (Å²) in [5.74, 6) is 2.48. The van der Waals surface area contributed by atoms with Crippen LogP contribution >= 0.6 is 0 Å². The maximum Gasteiger partial charge on any atom is 0.180 e. The van der Waals surface area contributed by atoms with Crippen LogP contribution in [0.4, 0.5) is 5.69 Å². The normalized spacial score (nSPS) is 21.8. The molecule has 5 rings (SSSR count). The minimum Gasteiger partial charge on any atom is -0.380 e. The molecule has 0 bridgehead atoms. The highest BCUT2D eigenvalue weighted by Crippen LogP contribution is 2.37. The van der Waals surface area contributed by atoms with Gasteiger partial charge >= 0.3 is 0 Å². The van der Waals surface area contributed by atoms with E-state index in [1.165, 1.54) is 30.0 Å². The van der Waals surface area contributed by atoms with Crippen LogP contribution in [0.15, 0.2) is 48.5 Å². The summed E-state index contributed by atoms with van der Waals surface area (Å²) in [5, 5.41) is 6.24. The van der Waals surface area contributed by atoms with E-state index in [0.717, 1.165) is 45.8 Å². The third-order valence-corrected chi connectivity index (χ3v) is 6.57. The van der Waals surface area contributed by atoms with Crippen molar-refractivity contribution in [3.8, 4) is 11.4 Å². The number of benzene rings is 2. The maximum absolute atomic E-state index is 4.87. The van der Waals surface area contributed by atoms with Gasteiger partial charge in [-0.2, -0.15) is 0 Å². The average molecular weight is 385 g/mol. The topological polar surface area (TPSA) is 53.6 Å². The predicted octanol–water partition coefficient (Wildman–Crippen LogP) is 6.32. The lowest BCUT2D eigenvalue weighted by Crippen LogP contribution is -2.16. The summed E-state index contributed by atoms with van der Waals surface area (Å²) in [7, 11) is 0. The van der Waals surface area contributed by atoms with Crippen molar-refractivity contribution in [1.29, 1.82) is 0 Å². The number of H-pyrrole nitrogens is 1. The van der Waals surface area contributed by atoms with Crippen LogP contribution in [0.5, 0.6) is 0 Å². The van der Waals surface area contributed by atoms with Gasteiger partial charge in [0.1, 0.15) is 11.3 Å². The van der Waals surface area contributed by atoms with Gasteiger partial charge in [0.05, 0.1) is 5.69 Å². The first kappa shape index (κ1) is 18.2. The molecule has 148 valence electrons. The Morgan fingerprint density at radius 2 is 1.90 bits per heavy atom. The zero-order chi connectivity index (χ0) is 20.0. The highest BCUT2D eigenvalue weighted by atomic mass is 15.0. The van der Waals surface area contributed by atoms with Gasteiger partial charge in [-0.15, -0.1) is 0 Å². The number of fused-ring (bicyclic) bond motifs is 2. The summed E-state index contributed by atoms with van der Waals surface area (Å²) in [6.07, 6.45) is 3.73. The Labute approximate surface area is 171 Å². The molecule has 1 saturated carbocycles. The van der Waals surface area contributed by atoms with E-state index in [4.69, 9.17) is 9.97 Å². The highest BCUT2D eigenvalue weighted by Gasteiger charge is 2.30. The molecule has 2 heterocycles. The molecule has 0 aliphatic heterocycles. The van der Waals surface area contributed by atoms with Crippen molar-refractivity contribution in [2.45, 2.75) is 46.1 Å². The van der Waals surface area contributed by atoms with Crippen molar-refractivity contribution >= 4 is 27.6 Å². The molecule has 0 amide bonds. The number of pyridine rings is 1. The van der Waals surface area contributed by atoms with Gasteiger partial charge in [0.15, 0.2) is 5.65 Å². The van der Waals surface area contributed by atoms with Gasteiger partial charge in [0, 0.05) is 17.3 Å². The Hall–Kier alpha value is -2.88. The standard InChI is InChI=1S/C25H28N4/c1-4-17-14-19(12-15(17)2)27-22-13-16(3)26-25-23(22)28-24(29-25)21-11-7-9-18-8-5-6-10-20(18)21/h5-11,13,15,17,19H,4,12,14H2,1-3H3,(H2,26,27,28,29)/t15-,17+,19-/m0/s1. The van der Waals surface area contributed by atoms with Crippen LogP contribution in [-0.4, -0.2) is 21.0 Å². The van der Waals surface area contributed by atoms with E-state index in [1.54, 1.807) is 0 Å². The fourth-order valence-electron chi connectivity index (χ4n) is 5.03. The number of hydrogen-bond donors (Lipinski definition) is 2. The molecule has 2 N–H and O–H groups in total. The molecule has 4 nitrogen and oxygen atoms in total. The van der Waals surface area contributed by atoms with Gasteiger partial charge in [0.25, 0.3) is 0 Å². The van der Waals surface area contributed by atoms with Crippen molar-refractivity contribution in [1.82, 2.24) is 15.0 Å². The third kappa shape index (κ3) is 3.27. The first-order valence-corrected chi connectivity index (χ1v) is 10.7. The summed E-state index contributed by atoms with van der Waals surface area (Å²) >= 11 is 0. The van der Waals surface area contributed by atoms with Gasteiger partial charge < -0.3 is 10.3 Å². The maximum atomic E-state index is 4.87. The van der Waals surface area contributed by atoms with E-state index < -0.39 is 0 Å². The molecule has 2 aromatic carbocycles. The first-order valence-electron chi connectivity index (χ1n) is 10.7. The molecule has 1 fully saturated rings. The van der Waals surface area contributed by atoms with Crippen LogP contribution in [0.1, 0.15) is 38.8 Å². The van der Waals surface area contributed by atoms with Crippen LogP contribution < -0.4 is 5.32 Å². The fourth-order valence-corrected chi connectivity index (χ4v) is 5.03. The Morgan fingerprint density at radius 3 is 2.72 bits per heavy atom. The SMILES string of the molecule is CC[C@@H]1C[C@@H](Nc2cc(C)nc3nc(-c4cccc5ccccc45)[nH]c23)C[C@@H]1C. The summed E-state index contributed by atoms with van der Waals surface area (Å²) in [4.78, 5) is 13.1. The molecule has 4 heteroatoms. The predicted molar refractivity (Wildman–Crippen MR) is 121 cm³/mol. The molecule has 3 atom stereocenters. The molecule has 0 radical (unpaired) electrons. The number of nitrogens with one attached hydrogen (secondary N) is 2. The Morgan fingerprint density at radius 1 is 1.07 bits per heavy atom. The number of aromatic nitrogens is 3. The fraction of sp³-hybridized carbons (Fsp3) is 0.360. The molecule has 0 unspecified atom stereocenters. The van der Waals surface area contributed by atoms with E-state index in [-0.39, 0.29) is 0 Å². The second-order valence-electron chi connectivity index (χ2n) is 8.58. The quantitative estimate of drug-likeness (QED) is 0.433. The molecule has 29 heavy (non-hydrogen) atoms. The lowest BCUT2D eigenvalue weighted by atomic mass is 9.96. The summed E-state index contributed by atoms with van der Waals surface area (Å²) < 4.78 is 0. The second kappa shape index (κ2) is 7.18. The lowest BCUT2D eigenvalue weighted by Gasteiger charge is -2.15. The number of aromatic amines is 1. The third-order valence-electron chi connectivity index (χ3n) is 6.57. The van der Waals surface area contributed by atoms with E-state index >= 15 is 0 Å². The number of hydrogen-bond acceptors (Lipinski definition) is 3. The second-order valence-corrected chi connectivity index (χ2v) is 8.58.